The van der Waals surface area contributed by atoms with Gasteiger partial charge in [0.1, 0.15) is 0 Å². The summed E-state index contributed by atoms with van der Waals surface area (Å²) in [5, 5.41) is 4.03. The van der Waals surface area contributed by atoms with Gasteiger partial charge in [-0.15, -0.1) is 0 Å². The quantitative estimate of drug-likeness (QED) is 0.586. The Morgan fingerprint density at radius 3 is 2.20 bits per heavy atom. The molecule has 0 spiro atoms. The van der Waals surface area contributed by atoms with Gasteiger partial charge in [-0.3, -0.25) is 4.57 Å². The molecule has 1 aromatic carbocycles. The molecule has 25 heavy (non-hydrogen) atoms. The molecule has 1 atom stereocenters. The Hall–Kier alpha value is -0.990. The van der Waals surface area contributed by atoms with Crippen molar-refractivity contribution < 1.29 is 31.6 Å². The summed E-state index contributed by atoms with van der Waals surface area (Å²) in [6.07, 6.45) is -5.06. The summed E-state index contributed by atoms with van der Waals surface area (Å²) >= 11 is 11.5. The normalized spacial score (nSPS) is 13.4. The van der Waals surface area contributed by atoms with Crippen LogP contribution in [0.15, 0.2) is 18.2 Å². The first-order chi connectivity index (χ1) is 11.5. The lowest BCUT2D eigenvalue weighted by Gasteiger charge is -2.28. The summed E-state index contributed by atoms with van der Waals surface area (Å²) in [6, 6.07) is 2.67. The van der Waals surface area contributed by atoms with Gasteiger partial charge in [0.25, 0.3) is 0 Å². The van der Waals surface area contributed by atoms with Crippen molar-refractivity contribution in [1.29, 1.82) is 0 Å². The first-order valence-corrected chi connectivity index (χ1v) is 9.38. The number of halogens is 5. The average molecular weight is 423 g/mol. The molecule has 0 heterocycles. The lowest BCUT2D eigenvalue weighted by Crippen LogP contribution is -2.47. The second-order valence-electron chi connectivity index (χ2n) is 4.55. The highest BCUT2D eigenvalue weighted by Gasteiger charge is 2.54. The smallest absolute Gasteiger partial charge is 0.316 e. The Bertz CT molecular complexity index is 651. The summed E-state index contributed by atoms with van der Waals surface area (Å²) in [5.74, 6) is -2.83. The number of hydrogen-bond acceptors (Lipinski definition) is 4. The Balaban J connectivity index is 2.99. The predicted molar refractivity (Wildman–Crippen MR) is 89.3 cm³/mol. The molecule has 0 aromatic heterocycles. The fourth-order valence-corrected chi connectivity index (χ4v) is 3.78. The summed E-state index contributed by atoms with van der Waals surface area (Å²) < 4.78 is 61.5. The van der Waals surface area contributed by atoms with Crippen LogP contribution in [0.2, 0.25) is 10.0 Å². The Labute approximate surface area is 152 Å². The second kappa shape index (κ2) is 9.09. The molecular formula is C13H16Cl2F3N2O4P. The van der Waals surface area contributed by atoms with E-state index in [1.165, 1.54) is 32.0 Å². The summed E-state index contributed by atoms with van der Waals surface area (Å²) in [4.78, 5) is 11.9. The van der Waals surface area contributed by atoms with Crippen LogP contribution in [0.25, 0.3) is 0 Å². The van der Waals surface area contributed by atoms with Crippen molar-refractivity contribution in [3.05, 3.63) is 28.2 Å². The highest BCUT2D eigenvalue weighted by Crippen LogP contribution is 2.56. The van der Waals surface area contributed by atoms with Crippen molar-refractivity contribution in [3.8, 4) is 0 Å². The topological polar surface area (TPSA) is 76.7 Å². The van der Waals surface area contributed by atoms with Crippen LogP contribution in [0.5, 0.6) is 0 Å². The molecule has 142 valence electrons. The number of nitrogens with one attached hydrogen (secondary N) is 2. The minimum Gasteiger partial charge on any atom is -0.316 e. The maximum atomic E-state index is 13.3. The molecule has 2 N–H and O–H groups in total. The van der Waals surface area contributed by atoms with Gasteiger partial charge in [-0.05, 0) is 32.0 Å². The van der Waals surface area contributed by atoms with E-state index in [2.05, 4.69) is 14.4 Å². The van der Waals surface area contributed by atoms with Crippen molar-refractivity contribution in [2.45, 2.75) is 25.8 Å². The van der Waals surface area contributed by atoms with E-state index in [1.54, 1.807) is 5.32 Å². The highest BCUT2D eigenvalue weighted by molar-refractivity contribution is 7.54. The van der Waals surface area contributed by atoms with Gasteiger partial charge in [-0.2, -0.15) is 13.2 Å². The predicted octanol–water partition coefficient (Wildman–Crippen LogP) is 5.27. The summed E-state index contributed by atoms with van der Waals surface area (Å²) in [6.45, 7) is 2.13. The lowest BCUT2D eigenvalue weighted by atomic mass is 10.3. The maximum Gasteiger partial charge on any atom is 0.420 e. The van der Waals surface area contributed by atoms with Gasteiger partial charge in [0.15, 0.2) is 0 Å². The van der Waals surface area contributed by atoms with Crippen LogP contribution >= 0.6 is 30.8 Å². The summed E-state index contributed by atoms with van der Waals surface area (Å²) in [7, 11) is -4.67. The van der Waals surface area contributed by atoms with Crippen molar-refractivity contribution in [2.24, 2.45) is 0 Å². The van der Waals surface area contributed by atoms with Gasteiger partial charge in [-0.1, -0.05) is 23.2 Å². The van der Waals surface area contributed by atoms with Crippen LogP contribution in [0.3, 0.4) is 0 Å². The van der Waals surface area contributed by atoms with Crippen molar-refractivity contribution >= 4 is 42.5 Å². The zero-order chi connectivity index (χ0) is 19.3. The van der Waals surface area contributed by atoms with Gasteiger partial charge in [-0.25, -0.2) is 4.79 Å². The minimum atomic E-state index is -5.06. The van der Waals surface area contributed by atoms with Crippen LogP contribution in [-0.2, 0) is 13.6 Å². The van der Waals surface area contributed by atoms with E-state index in [0.717, 1.165) is 0 Å². The fraction of sp³-hybridized carbons (Fsp3) is 0.462. The van der Waals surface area contributed by atoms with Crippen LogP contribution < -0.4 is 10.6 Å². The molecule has 1 unspecified atom stereocenters. The highest BCUT2D eigenvalue weighted by atomic mass is 35.5. The van der Waals surface area contributed by atoms with E-state index in [4.69, 9.17) is 23.2 Å². The molecule has 0 aliphatic rings. The van der Waals surface area contributed by atoms with Crippen molar-refractivity contribution in [2.75, 3.05) is 18.5 Å². The molecule has 6 nitrogen and oxygen atoms in total. The zero-order valence-electron chi connectivity index (χ0n) is 13.2. The largest absolute Gasteiger partial charge is 0.420 e. The number of carbonyl (C=O) groups is 1. The van der Waals surface area contributed by atoms with E-state index in [9.17, 15) is 22.5 Å². The summed E-state index contributed by atoms with van der Waals surface area (Å²) in [5.41, 5.74) is 0.0930. The van der Waals surface area contributed by atoms with Gasteiger partial charge in [0.05, 0.1) is 23.3 Å². The molecule has 2 amide bonds. The third-order valence-electron chi connectivity index (χ3n) is 2.69. The molecule has 12 heteroatoms. The number of amides is 2. The second-order valence-corrected chi connectivity index (χ2v) is 7.47. The lowest BCUT2D eigenvalue weighted by molar-refractivity contribution is -0.138. The van der Waals surface area contributed by atoms with Crippen LogP contribution in [0.1, 0.15) is 13.8 Å². The number of rotatable bonds is 7. The Morgan fingerprint density at radius 2 is 1.76 bits per heavy atom. The van der Waals surface area contributed by atoms with Gasteiger partial charge >= 0.3 is 19.8 Å². The molecule has 0 fully saturated rings. The zero-order valence-corrected chi connectivity index (χ0v) is 15.6. The standard InChI is InChI=1S/C13H16Cl2F3N2O4P/c1-3-23-25(22,24-4-2)11(13(16,17)18)20-12(21)19-8-5-6-9(14)10(15)7-8/h5-7,11H,3-4H2,1-2H3,(H2,19,20,21). The molecular weight excluding hydrogens is 407 g/mol. The van der Waals surface area contributed by atoms with E-state index in [1.807, 2.05) is 0 Å². The van der Waals surface area contributed by atoms with Gasteiger partial charge in [0.2, 0.25) is 5.78 Å². The van der Waals surface area contributed by atoms with E-state index < -0.39 is 25.6 Å². The monoisotopic (exact) mass is 422 g/mol. The number of urea groups is 1. The van der Waals surface area contributed by atoms with Crippen LogP contribution in [-0.4, -0.2) is 31.2 Å². The van der Waals surface area contributed by atoms with Gasteiger partial charge in [0, 0.05) is 5.69 Å². The first-order valence-electron chi connectivity index (χ1n) is 7.01. The number of alkyl halides is 3. The van der Waals surface area contributed by atoms with Crippen LogP contribution in [0.4, 0.5) is 23.7 Å². The number of anilines is 1. The molecule has 0 saturated carbocycles. The first kappa shape index (κ1) is 22.1. The fourth-order valence-electron chi connectivity index (χ4n) is 1.75. The molecule has 0 aliphatic heterocycles. The maximum absolute atomic E-state index is 13.3. The van der Waals surface area contributed by atoms with E-state index >= 15 is 0 Å². The molecule has 0 radical (unpaired) electrons. The number of carbonyl (C=O) groups excluding carboxylic acids is 1. The molecule has 1 aromatic rings. The average Bonchev–Trinajstić information content (AvgIpc) is 2.48. The third kappa shape index (κ3) is 6.34. The number of benzene rings is 1. The van der Waals surface area contributed by atoms with E-state index in [0.29, 0.717) is 0 Å². The van der Waals surface area contributed by atoms with Crippen LogP contribution in [0, 0.1) is 0 Å². The molecule has 0 bridgehead atoms. The number of hydrogen-bond donors (Lipinski definition) is 2. The van der Waals surface area contributed by atoms with Crippen molar-refractivity contribution in [3.63, 3.8) is 0 Å². The minimum absolute atomic E-state index is 0.0930. The SMILES string of the molecule is CCOP(=O)(OCC)C(NC(=O)Nc1ccc(Cl)c(Cl)c1)C(F)(F)F. The van der Waals surface area contributed by atoms with Gasteiger partial charge < -0.3 is 19.7 Å². The third-order valence-corrected chi connectivity index (χ3v) is 5.72. The molecule has 0 aliphatic carbocycles. The molecule has 0 saturated heterocycles. The Kier molecular flexibility index (Phi) is 8.02. The Morgan fingerprint density at radius 1 is 1.20 bits per heavy atom. The molecule has 1 rings (SSSR count). The van der Waals surface area contributed by atoms with E-state index in [-0.39, 0.29) is 28.9 Å². The van der Waals surface area contributed by atoms with Crippen molar-refractivity contribution in [1.82, 2.24) is 5.32 Å².